The highest BCUT2D eigenvalue weighted by atomic mass is 32.2. The lowest BCUT2D eigenvalue weighted by molar-refractivity contribution is 0.250. The first-order chi connectivity index (χ1) is 6.01. The van der Waals surface area contributed by atoms with E-state index in [1.807, 2.05) is 0 Å². The van der Waals surface area contributed by atoms with Crippen LogP contribution in [-0.4, -0.2) is 45.8 Å². The molecule has 13 heavy (non-hydrogen) atoms. The second kappa shape index (κ2) is 4.39. The Bertz CT molecular complexity index is 250. The van der Waals surface area contributed by atoms with Crippen LogP contribution in [0.25, 0.3) is 0 Å². The van der Waals surface area contributed by atoms with Crippen LogP contribution in [-0.2, 0) is 14.3 Å². The monoisotopic (exact) mass is 207 g/mol. The maximum absolute atomic E-state index is 10.7. The zero-order valence-corrected chi connectivity index (χ0v) is 9.01. The minimum atomic E-state index is -3.25. The molecule has 1 aliphatic heterocycles. The smallest absolute Gasteiger partial charge is 0.264 e. The molecule has 0 aromatic carbocycles. The van der Waals surface area contributed by atoms with E-state index in [2.05, 4.69) is 11.8 Å². The highest BCUT2D eigenvalue weighted by Gasteiger charge is 2.22. The first-order valence-corrected chi connectivity index (χ1v) is 6.39. The van der Waals surface area contributed by atoms with Gasteiger partial charge in [0.05, 0.1) is 12.9 Å². The summed E-state index contributed by atoms with van der Waals surface area (Å²) in [5, 5.41) is 0. The third-order valence-electron chi connectivity index (χ3n) is 2.34. The molecule has 0 amide bonds. The molecule has 0 N–H and O–H groups in total. The second-order valence-corrected chi connectivity index (χ2v) is 5.18. The fourth-order valence-electron chi connectivity index (χ4n) is 1.56. The largest absolute Gasteiger partial charge is 0.303 e. The van der Waals surface area contributed by atoms with Gasteiger partial charge in [-0.25, -0.2) is 0 Å². The van der Waals surface area contributed by atoms with Crippen LogP contribution in [0.5, 0.6) is 0 Å². The molecular weight excluding hydrogens is 190 g/mol. The molecule has 0 aliphatic carbocycles. The molecule has 0 aromatic rings. The van der Waals surface area contributed by atoms with E-state index in [9.17, 15) is 8.42 Å². The summed E-state index contributed by atoms with van der Waals surface area (Å²) in [5.41, 5.74) is 0. The van der Waals surface area contributed by atoms with Gasteiger partial charge in [0.1, 0.15) is 0 Å². The summed E-state index contributed by atoms with van der Waals surface area (Å²) in [5.74, 6) is 0.384. The van der Waals surface area contributed by atoms with Gasteiger partial charge < -0.3 is 4.90 Å². The van der Waals surface area contributed by atoms with E-state index in [0.29, 0.717) is 12.5 Å². The molecule has 0 radical (unpaired) electrons. The summed E-state index contributed by atoms with van der Waals surface area (Å²) < 4.78 is 26.2. The van der Waals surface area contributed by atoms with Crippen molar-refractivity contribution in [3.05, 3.63) is 0 Å². The number of hydrogen-bond acceptors (Lipinski definition) is 4. The molecule has 0 bridgehead atoms. The van der Waals surface area contributed by atoms with Gasteiger partial charge >= 0.3 is 0 Å². The molecule has 0 unspecified atom stereocenters. The quantitative estimate of drug-likeness (QED) is 0.622. The van der Waals surface area contributed by atoms with Crippen molar-refractivity contribution in [3.8, 4) is 0 Å². The van der Waals surface area contributed by atoms with Gasteiger partial charge in [-0.05, 0) is 25.4 Å². The topological polar surface area (TPSA) is 46.6 Å². The molecular formula is C8H17NO3S. The average molecular weight is 207 g/mol. The van der Waals surface area contributed by atoms with E-state index in [1.54, 1.807) is 0 Å². The van der Waals surface area contributed by atoms with Crippen LogP contribution < -0.4 is 0 Å². The molecule has 1 atom stereocenters. The van der Waals surface area contributed by atoms with E-state index in [4.69, 9.17) is 4.18 Å². The Kier molecular flexibility index (Phi) is 3.70. The van der Waals surface area contributed by atoms with Crippen LogP contribution in [0.1, 0.15) is 13.3 Å². The fourth-order valence-corrected chi connectivity index (χ4v) is 2.00. The number of rotatable bonds is 4. The van der Waals surface area contributed by atoms with Crippen LogP contribution in [0.3, 0.4) is 0 Å². The lowest BCUT2D eigenvalue weighted by atomic mass is 10.1. The predicted octanol–water partition coefficient (Wildman–Crippen LogP) is 0.304. The molecule has 1 aliphatic rings. The summed E-state index contributed by atoms with van der Waals surface area (Å²) in [6, 6.07) is 0. The van der Waals surface area contributed by atoms with Gasteiger partial charge in [-0.2, -0.15) is 8.42 Å². The first-order valence-electron chi connectivity index (χ1n) is 4.58. The first kappa shape index (κ1) is 10.9. The Morgan fingerprint density at radius 2 is 2.23 bits per heavy atom. The third-order valence-corrected chi connectivity index (χ3v) is 2.90. The average Bonchev–Trinajstić information content (AvgIpc) is 2.47. The van der Waals surface area contributed by atoms with Crippen molar-refractivity contribution < 1.29 is 12.6 Å². The van der Waals surface area contributed by atoms with Gasteiger partial charge in [-0.15, -0.1) is 0 Å². The Morgan fingerprint density at radius 1 is 1.54 bits per heavy atom. The van der Waals surface area contributed by atoms with Crippen molar-refractivity contribution in [2.45, 2.75) is 13.3 Å². The van der Waals surface area contributed by atoms with Crippen molar-refractivity contribution in [1.82, 2.24) is 4.90 Å². The second-order valence-electron chi connectivity index (χ2n) is 3.54. The maximum Gasteiger partial charge on any atom is 0.264 e. The molecule has 1 saturated heterocycles. The summed E-state index contributed by atoms with van der Waals surface area (Å²) in [6.45, 7) is 5.52. The van der Waals surface area contributed by atoms with E-state index < -0.39 is 10.1 Å². The van der Waals surface area contributed by atoms with Crippen molar-refractivity contribution in [2.24, 2.45) is 5.92 Å². The van der Waals surface area contributed by atoms with E-state index in [-0.39, 0.29) is 0 Å². The normalized spacial score (nSPS) is 25.2. The number of hydrogen-bond donors (Lipinski definition) is 0. The Hall–Kier alpha value is -0.130. The van der Waals surface area contributed by atoms with Gasteiger partial charge in [0.15, 0.2) is 0 Å². The summed E-state index contributed by atoms with van der Waals surface area (Å²) in [6.07, 6.45) is 2.14. The van der Waals surface area contributed by atoms with Crippen LogP contribution >= 0.6 is 0 Å². The zero-order valence-electron chi connectivity index (χ0n) is 8.19. The standard InChI is InChI=1S/C8H17NO3S/c1-3-9-5-4-8(6-9)7-12-13(2,10)11/h8H,3-7H2,1-2H3/t8-/m1/s1. The van der Waals surface area contributed by atoms with Gasteiger partial charge in [-0.3, -0.25) is 4.18 Å². The van der Waals surface area contributed by atoms with Gasteiger partial charge in [0, 0.05) is 6.54 Å². The molecule has 1 heterocycles. The van der Waals surface area contributed by atoms with E-state index >= 15 is 0 Å². The van der Waals surface area contributed by atoms with Crippen LogP contribution in [0.2, 0.25) is 0 Å². The minimum Gasteiger partial charge on any atom is -0.303 e. The lowest BCUT2D eigenvalue weighted by Gasteiger charge is -2.12. The maximum atomic E-state index is 10.7. The van der Waals surface area contributed by atoms with Crippen LogP contribution in [0.4, 0.5) is 0 Å². The molecule has 78 valence electrons. The highest BCUT2D eigenvalue weighted by Crippen LogP contribution is 2.16. The molecule has 1 rings (SSSR count). The number of likely N-dealkylation sites (tertiary alicyclic amines) is 1. The Labute approximate surface area is 80.0 Å². The van der Waals surface area contributed by atoms with Crippen molar-refractivity contribution in [1.29, 1.82) is 0 Å². The van der Waals surface area contributed by atoms with Gasteiger partial charge in [0.2, 0.25) is 0 Å². The SMILES string of the molecule is CCN1CC[C@@H](COS(C)(=O)=O)C1. The molecule has 1 fully saturated rings. The molecule has 0 aromatic heterocycles. The molecule has 0 saturated carbocycles. The lowest BCUT2D eigenvalue weighted by Crippen LogP contribution is -2.21. The van der Waals surface area contributed by atoms with Crippen LogP contribution in [0.15, 0.2) is 0 Å². The summed E-state index contributed by atoms with van der Waals surface area (Å²) in [4.78, 5) is 2.30. The molecule has 4 nitrogen and oxygen atoms in total. The summed E-state index contributed by atoms with van der Waals surface area (Å²) in [7, 11) is -3.25. The predicted molar refractivity (Wildman–Crippen MR) is 51.0 cm³/mol. The Morgan fingerprint density at radius 3 is 2.69 bits per heavy atom. The highest BCUT2D eigenvalue weighted by molar-refractivity contribution is 7.85. The van der Waals surface area contributed by atoms with Crippen molar-refractivity contribution in [3.63, 3.8) is 0 Å². The minimum absolute atomic E-state index is 0.343. The molecule has 5 heteroatoms. The van der Waals surface area contributed by atoms with Gasteiger partial charge in [-0.1, -0.05) is 6.92 Å². The third kappa shape index (κ3) is 4.06. The fraction of sp³-hybridized carbons (Fsp3) is 1.00. The van der Waals surface area contributed by atoms with Crippen molar-refractivity contribution >= 4 is 10.1 Å². The van der Waals surface area contributed by atoms with Gasteiger partial charge in [0.25, 0.3) is 10.1 Å². The van der Waals surface area contributed by atoms with Crippen LogP contribution in [0, 0.1) is 5.92 Å². The van der Waals surface area contributed by atoms with Crippen molar-refractivity contribution in [2.75, 3.05) is 32.5 Å². The zero-order chi connectivity index (χ0) is 9.90. The van der Waals surface area contributed by atoms with E-state index in [1.165, 1.54) is 0 Å². The number of nitrogens with zero attached hydrogens (tertiary/aromatic N) is 1. The van der Waals surface area contributed by atoms with E-state index in [0.717, 1.165) is 32.3 Å². The summed E-state index contributed by atoms with van der Waals surface area (Å²) >= 11 is 0. The molecule has 0 spiro atoms. The Balaban J connectivity index is 2.25.